The summed E-state index contributed by atoms with van der Waals surface area (Å²) in [6.45, 7) is 0. The first-order valence-corrected chi connectivity index (χ1v) is 18.2. The molecule has 0 atom stereocenters. The zero-order valence-electron chi connectivity index (χ0n) is 29.1. The second-order valence-electron chi connectivity index (χ2n) is 13.8. The van der Waals surface area contributed by atoms with Crippen LogP contribution in [-0.2, 0) is 0 Å². The van der Waals surface area contributed by atoms with E-state index in [-0.39, 0.29) is 0 Å². The summed E-state index contributed by atoms with van der Waals surface area (Å²) in [5, 5.41) is 9.05. The Bertz CT molecular complexity index is 3040. The predicted octanol–water partition coefficient (Wildman–Crippen LogP) is 12.9. The first kappa shape index (κ1) is 30.3. The van der Waals surface area contributed by atoms with Crippen LogP contribution < -0.4 is 0 Å². The maximum absolute atomic E-state index is 5.24. The third-order valence-corrected chi connectivity index (χ3v) is 10.7. The van der Waals surface area contributed by atoms with Gasteiger partial charge in [-0.1, -0.05) is 133 Å². The molecule has 0 aliphatic carbocycles. The number of fused-ring (bicyclic) bond motifs is 8. The molecule has 0 unspecified atom stereocenters. The fourth-order valence-electron chi connectivity index (χ4n) is 8.15. The largest absolute Gasteiger partial charge is 0.254 e. The number of rotatable bonds is 4. The molecule has 250 valence electrons. The van der Waals surface area contributed by atoms with Gasteiger partial charge in [0.1, 0.15) is 0 Å². The van der Waals surface area contributed by atoms with Gasteiger partial charge in [0.05, 0.1) is 33.5 Å². The van der Waals surface area contributed by atoms with Crippen molar-refractivity contribution in [1.29, 1.82) is 0 Å². The molecule has 0 aliphatic rings. The Morgan fingerprint density at radius 3 is 1.13 bits per heavy atom. The van der Waals surface area contributed by atoms with E-state index in [1.54, 1.807) is 0 Å². The van der Waals surface area contributed by atoms with E-state index >= 15 is 0 Å². The van der Waals surface area contributed by atoms with E-state index in [4.69, 9.17) is 19.9 Å². The lowest BCUT2D eigenvalue weighted by atomic mass is 9.84. The smallest absolute Gasteiger partial charge is 0.0972 e. The van der Waals surface area contributed by atoms with Crippen LogP contribution in [0.3, 0.4) is 0 Å². The second kappa shape index (κ2) is 12.1. The van der Waals surface area contributed by atoms with E-state index in [9.17, 15) is 0 Å². The molecule has 54 heavy (non-hydrogen) atoms. The molecular weight excluding hydrogens is 657 g/mol. The molecule has 4 heteroatoms. The SMILES string of the molecule is c1ccc(-c2c3ccc(-c4ccc5ccc6cccnc6c5n4)cc3c(-c3ccccc3)c3ccc(-c4ccc5ccc6cccnc6c5n4)cc23)cc1. The van der Waals surface area contributed by atoms with Gasteiger partial charge in [0.2, 0.25) is 0 Å². The minimum absolute atomic E-state index is 0.913. The Kier molecular flexibility index (Phi) is 6.82. The lowest BCUT2D eigenvalue weighted by Crippen LogP contribution is -1.94. The van der Waals surface area contributed by atoms with Gasteiger partial charge in [-0.05, 0) is 80.2 Å². The van der Waals surface area contributed by atoms with Crippen LogP contribution in [0.1, 0.15) is 0 Å². The summed E-state index contributed by atoms with van der Waals surface area (Å²) in [6.07, 6.45) is 3.68. The maximum Gasteiger partial charge on any atom is 0.0972 e. The molecule has 0 radical (unpaired) electrons. The molecule has 0 aliphatic heterocycles. The average molecular weight is 687 g/mol. The molecule has 0 N–H and O–H groups in total. The summed E-state index contributed by atoms with van der Waals surface area (Å²) in [5.41, 5.74) is 12.3. The van der Waals surface area contributed by atoms with Crippen LogP contribution in [0, 0.1) is 0 Å². The Morgan fingerprint density at radius 2 is 0.685 bits per heavy atom. The molecule has 7 aromatic carbocycles. The van der Waals surface area contributed by atoms with Crippen LogP contribution >= 0.6 is 0 Å². The van der Waals surface area contributed by atoms with Gasteiger partial charge in [0.25, 0.3) is 0 Å². The van der Waals surface area contributed by atoms with Crippen molar-refractivity contribution in [2.24, 2.45) is 0 Å². The highest BCUT2D eigenvalue weighted by molar-refractivity contribution is 6.22. The Balaban J connectivity index is 1.19. The van der Waals surface area contributed by atoms with Gasteiger partial charge in [-0.3, -0.25) is 9.97 Å². The summed E-state index contributed by atoms with van der Waals surface area (Å²) in [4.78, 5) is 19.9. The normalized spacial score (nSPS) is 11.7. The lowest BCUT2D eigenvalue weighted by molar-refractivity contribution is 1.37. The standard InChI is InChI=1S/C50H30N4/c1-3-9-31(10-4-1)45-39-23-19-38(44-26-22-36-18-16-34-14-8-28-52-48(34)50(36)54-44)30-42(39)46(32-11-5-2-6-12-32)40-24-20-37(29-41(40)45)43-25-21-35-17-15-33-13-7-27-51-47(33)49(35)53-43/h1-30H. The monoisotopic (exact) mass is 686 g/mol. The molecule has 0 saturated carbocycles. The number of benzene rings is 7. The fraction of sp³-hybridized carbons (Fsp3) is 0. The van der Waals surface area contributed by atoms with Crippen molar-refractivity contribution < 1.29 is 0 Å². The average Bonchev–Trinajstić information content (AvgIpc) is 3.25. The highest BCUT2D eigenvalue weighted by atomic mass is 14.8. The van der Waals surface area contributed by atoms with E-state index in [0.717, 1.165) is 66.1 Å². The molecule has 0 amide bonds. The second-order valence-corrected chi connectivity index (χ2v) is 13.8. The molecular formula is C50H30N4. The molecule has 0 spiro atoms. The van der Waals surface area contributed by atoms with Crippen molar-refractivity contribution in [3.05, 3.63) is 182 Å². The number of hydrogen-bond acceptors (Lipinski definition) is 4. The van der Waals surface area contributed by atoms with Crippen LogP contribution in [0.2, 0.25) is 0 Å². The topological polar surface area (TPSA) is 51.6 Å². The highest BCUT2D eigenvalue weighted by Crippen LogP contribution is 2.46. The summed E-state index contributed by atoms with van der Waals surface area (Å²) >= 11 is 0. The van der Waals surface area contributed by atoms with Crippen molar-refractivity contribution in [1.82, 2.24) is 19.9 Å². The van der Waals surface area contributed by atoms with Crippen molar-refractivity contribution in [3.63, 3.8) is 0 Å². The molecule has 11 rings (SSSR count). The van der Waals surface area contributed by atoms with E-state index in [0.29, 0.717) is 0 Å². The van der Waals surface area contributed by atoms with Crippen molar-refractivity contribution in [3.8, 4) is 44.8 Å². The first-order valence-electron chi connectivity index (χ1n) is 18.2. The van der Waals surface area contributed by atoms with Gasteiger partial charge in [0.15, 0.2) is 0 Å². The van der Waals surface area contributed by atoms with Crippen LogP contribution in [0.5, 0.6) is 0 Å². The molecule has 0 fully saturated rings. The third-order valence-electron chi connectivity index (χ3n) is 10.7. The van der Waals surface area contributed by atoms with Crippen LogP contribution in [0.25, 0.3) is 110 Å². The van der Waals surface area contributed by atoms with E-state index in [2.05, 4.69) is 158 Å². The minimum Gasteiger partial charge on any atom is -0.254 e. The lowest BCUT2D eigenvalue weighted by Gasteiger charge is -2.19. The van der Waals surface area contributed by atoms with Crippen molar-refractivity contribution in [2.75, 3.05) is 0 Å². The molecule has 4 heterocycles. The predicted molar refractivity (Wildman–Crippen MR) is 224 cm³/mol. The van der Waals surface area contributed by atoms with Gasteiger partial charge in [-0.2, -0.15) is 0 Å². The van der Waals surface area contributed by atoms with Gasteiger partial charge in [-0.25, -0.2) is 9.97 Å². The maximum atomic E-state index is 5.24. The van der Waals surface area contributed by atoms with Crippen LogP contribution in [0.4, 0.5) is 0 Å². The summed E-state index contributed by atoms with van der Waals surface area (Å²) < 4.78 is 0. The van der Waals surface area contributed by atoms with Gasteiger partial charge in [-0.15, -0.1) is 0 Å². The highest BCUT2D eigenvalue weighted by Gasteiger charge is 2.19. The third kappa shape index (κ3) is 4.85. The Morgan fingerprint density at radius 1 is 0.278 bits per heavy atom. The molecule has 0 saturated heterocycles. The van der Waals surface area contributed by atoms with Gasteiger partial charge >= 0.3 is 0 Å². The number of pyridine rings is 4. The summed E-state index contributed by atoms with van der Waals surface area (Å²) in [6, 6.07) is 60.3. The Labute approximate surface area is 311 Å². The van der Waals surface area contributed by atoms with Crippen molar-refractivity contribution in [2.45, 2.75) is 0 Å². The first-order chi connectivity index (χ1) is 26.8. The molecule has 11 aromatic rings. The molecule has 4 aromatic heterocycles. The van der Waals surface area contributed by atoms with E-state index in [1.165, 1.54) is 43.8 Å². The van der Waals surface area contributed by atoms with E-state index in [1.807, 2.05) is 24.5 Å². The zero-order chi connectivity index (χ0) is 35.6. The summed E-state index contributed by atoms with van der Waals surface area (Å²) in [5.74, 6) is 0. The molecule has 0 bridgehead atoms. The van der Waals surface area contributed by atoms with Gasteiger partial charge < -0.3 is 0 Å². The van der Waals surface area contributed by atoms with E-state index < -0.39 is 0 Å². The van der Waals surface area contributed by atoms with Crippen LogP contribution in [-0.4, -0.2) is 19.9 Å². The Hall–Kier alpha value is -7.30. The fourth-order valence-corrected chi connectivity index (χ4v) is 8.15. The number of nitrogens with zero attached hydrogens (tertiary/aromatic N) is 4. The molecule has 4 nitrogen and oxygen atoms in total. The number of aromatic nitrogens is 4. The number of hydrogen-bond donors (Lipinski definition) is 0. The quantitative estimate of drug-likeness (QED) is 0.137. The summed E-state index contributed by atoms with van der Waals surface area (Å²) in [7, 11) is 0. The minimum atomic E-state index is 0.913. The van der Waals surface area contributed by atoms with Crippen LogP contribution in [0.15, 0.2) is 182 Å². The van der Waals surface area contributed by atoms with Gasteiger partial charge in [0, 0.05) is 45.1 Å². The van der Waals surface area contributed by atoms with Crippen molar-refractivity contribution >= 4 is 65.2 Å². The zero-order valence-corrected chi connectivity index (χ0v) is 29.1.